The molecule has 106 valence electrons. The summed E-state index contributed by atoms with van der Waals surface area (Å²) in [6, 6.07) is 11.0. The number of thiophene rings is 1. The van der Waals surface area contributed by atoms with Crippen LogP contribution < -0.4 is 5.32 Å². The van der Waals surface area contributed by atoms with E-state index in [1.807, 2.05) is 6.07 Å². The maximum absolute atomic E-state index is 6.09. The van der Waals surface area contributed by atoms with Crippen molar-refractivity contribution >= 4 is 22.9 Å². The fraction of sp³-hybridized carbons (Fsp3) is 0.375. The Labute approximate surface area is 128 Å². The summed E-state index contributed by atoms with van der Waals surface area (Å²) >= 11 is 7.74. The zero-order valence-corrected chi connectivity index (χ0v) is 13.1. The molecule has 0 aliphatic carbocycles. The average Bonchev–Trinajstić information content (AvgIpc) is 3.07. The van der Waals surface area contributed by atoms with E-state index in [1.165, 1.54) is 21.6 Å². The summed E-state index contributed by atoms with van der Waals surface area (Å²) in [5, 5.41) is 3.62. The van der Waals surface area contributed by atoms with Crippen molar-refractivity contribution in [1.29, 1.82) is 0 Å². The molecule has 20 heavy (non-hydrogen) atoms. The fourth-order valence-corrected chi connectivity index (χ4v) is 3.69. The summed E-state index contributed by atoms with van der Waals surface area (Å²) in [5.74, 6) is 0. The van der Waals surface area contributed by atoms with E-state index in [1.54, 1.807) is 11.3 Å². The largest absolute Gasteiger partial charge is 0.372 e. The van der Waals surface area contributed by atoms with Gasteiger partial charge >= 0.3 is 0 Å². The van der Waals surface area contributed by atoms with Crippen LogP contribution in [-0.4, -0.2) is 6.54 Å². The number of halogens is 1. The lowest BCUT2D eigenvalue weighted by Crippen LogP contribution is -2.22. The molecule has 0 saturated carbocycles. The molecule has 3 rings (SSSR count). The quantitative estimate of drug-likeness (QED) is 0.877. The van der Waals surface area contributed by atoms with Crippen molar-refractivity contribution in [2.45, 2.75) is 32.6 Å². The number of rotatable bonds is 5. The van der Waals surface area contributed by atoms with Crippen LogP contribution >= 0.6 is 22.9 Å². The third-order valence-electron chi connectivity index (χ3n) is 3.56. The molecule has 2 aromatic rings. The maximum Gasteiger partial charge on any atom is 0.0931 e. The summed E-state index contributed by atoms with van der Waals surface area (Å²) in [6.45, 7) is 4.65. The van der Waals surface area contributed by atoms with E-state index < -0.39 is 0 Å². The highest BCUT2D eigenvalue weighted by Gasteiger charge is 2.18. The number of nitrogens with one attached hydrogen (secondary N) is 1. The zero-order valence-electron chi connectivity index (χ0n) is 11.5. The third kappa shape index (κ3) is 2.91. The molecule has 2 heterocycles. The van der Waals surface area contributed by atoms with Crippen LogP contribution in [0.5, 0.6) is 0 Å². The first kappa shape index (κ1) is 14.1. The molecule has 0 amide bonds. The Hall–Kier alpha value is -0.870. The molecule has 1 aromatic heterocycles. The summed E-state index contributed by atoms with van der Waals surface area (Å²) in [7, 11) is 0. The predicted octanol–water partition coefficient (Wildman–Crippen LogP) is 4.52. The molecular formula is C16H18ClNOS. The van der Waals surface area contributed by atoms with Crippen molar-refractivity contribution < 1.29 is 4.74 Å². The van der Waals surface area contributed by atoms with Crippen molar-refractivity contribution in [2.24, 2.45) is 0 Å². The van der Waals surface area contributed by atoms with Crippen LogP contribution in [0.25, 0.3) is 0 Å². The Kier molecular flexibility index (Phi) is 4.41. The maximum atomic E-state index is 6.09. The van der Waals surface area contributed by atoms with E-state index in [0.29, 0.717) is 0 Å². The highest BCUT2D eigenvalue weighted by molar-refractivity contribution is 7.16. The second-order valence-corrected chi connectivity index (χ2v) is 6.80. The van der Waals surface area contributed by atoms with E-state index in [-0.39, 0.29) is 6.04 Å². The molecule has 0 spiro atoms. The van der Waals surface area contributed by atoms with Crippen molar-refractivity contribution in [2.75, 3.05) is 6.54 Å². The van der Waals surface area contributed by atoms with Crippen LogP contribution in [0.15, 0.2) is 30.3 Å². The molecule has 1 aliphatic rings. The summed E-state index contributed by atoms with van der Waals surface area (Å²) in [5.41, 5.74) is 3.92. The lowest BCUT2D eigenvalue weighted by molar-refractivity contribution is 0.134. The van der Waals surface area contributed by atoms with E-state index in [0.717, 1.165) is 30.5 Å². The first-order valence-corrected chi connectivity index (χ1v) is 8.15. The Balaban J connectivity index is 1.92. The van der Waals surface area contributed by atoms with Gasteiger partial charge in [-0.15, -0.1) is 11.3 Å². The van der Waals surface area contributed by atoms with Crippen molar-refractivity contribution in [3.63, 3.8) is 0 Å². The molecule has 0 bridgehead atoms. The summed E-state index contributed by atoms with van der Waals surface area (Å²) < 4.78 is 6.34. The number of hydrogen-bond acceptors (Lipinski definition) is 3. The lowest BCUT2D eigenvalue weighted by Gasteiger charge is -2.18. The molecule has 0 saturated heterocycles. The normalized spacial score (nSPS) is 15.3. The monoisotopic (exact) mass is 307 g/mol. The van der Waals surface area contributed by atoms with Gasteiger partial charge in [-0.1, -0.05) is 36.7 Å². The molecule has 1 atom stereocenters. The molecule has 1 aliphatic heterocycles. The SMILES string of the molecule is CCCNC(c1ccc2c(c1)COC2)c1ccc(Cl)s1. The summed E-state index contributed by atoms with van der Waals surface area (Å²) in [6.07, 6.45) is 1.11. The van der Waals surface area contributed by atoms with Crippen LogP contribution in [0, 0.1) is 0 Å². The second kappa shape index (κ2) is 6.27. The lowest BCUT2D eigenvalue weighted by atomic mass is 10.00. The van der Waals surface area contributed by atoms with Gasteiger partial charge in [-0.2, -0.15) is 0 Å². The van der Waals surface area contributed by atoms with E-state index in [2.05, 4.69) is 36.5 Å². The van der Waals surface area contributed by atoms with Crippen LogP contribution in [0.1, 0.15) is 41.0 Å². The smallest absolute Gasteiger partial charge is 0.0931 e. The van der Waals surface area contributed by atoms with Gasteiger partial charge in [0.25, 0.3) is 0 Å². The van der Waals surface area contributed by atoms with Gasteiger partial charge in [0.1, 0.15) is 0 Å². The van der Waals surface area contributed by atoms with Gasteiger partial charge in [0.15, 0.2) is 0 Å². The van der Waals surface area contributed by atoms with Crippen molar-refractivity contribution in [1.82, 2.24) is 5.32 Å². The van der Waals surface area contributed by atoms with E-state index >= 15 is 0 Å². The van der Waals surface area contributed by atoms with E-state index in [9.17, 15) is 0 Å². The van der Waals surface area contributed by atoms with Gasteiger partial charge in [0.05, 0.1) is 23.6 Å². The molecular weight excluding hydrogens is 290 g/mol. The number of ether oxygens (including phenoxy) is 1. The van der Waals surface area contributed by atoms with Crippen LogP contribution in [-0.2, 0) is 18.0 Å². The third-order valence-corrected chi connectivity index (χ3v) is 4.85. The van der Waals surface area contributed by atoms with Gasteiger partial charge < -0.3 is 10.1 Å². The zero-order chi connectivity index (χ0) is 13.9. The molecule has 4 heteroatoms. The molecule has 1 unspecified atom stereocenters. The standard InChI is InChI=1S/C16H18ClNOS/c1-2-7-18-16(14-5-6-15(17)20-14)11-3-4-12-9-19-10-13(12)8-11/h3-6,8,16,18H,2,7,9-10H2,1H3. The minimum atomic E-state index is 0.221. The van der Waals surface area contributed by atoms with Gasteiger partial charge in [0.2, 0.25) is 0 Å². The van der Waals surface area contributed by atoms with Gasteiger partial charge in [0, 0.05) is 4.88 Å². The Bertz CT molecular complexity index is 596. The van der Waals surface area contributed by atoms with Crippen molar-refractivity contribution in [3.05, 3.63) is 56.2 Å². The minimum Gasteiger partial charge on any atom is -0.372 e. The molecule has 1 N–H and O–H groups in total. The minimum absolute atomic E-state index is 0.221. The second-order valence-electron chi connectivity index (χ2n) is 5.05. The highest BCUT2D eigenvalue weighted by atomic mass is 35.5. The number of hydrogen-bond donors (Lipinski definition) is 1. The number of fused-ring (bicyclic) bond motifs is 1. The predicted molar refractivity (Wildman–Crippen MR) is 84.4 cm³/mol. The molecule has 1 aromatic carbocycles. The average molecular weight is 308 g/mol. The topological polar surface area (TPSA) is 21.3 Å². The van der Waals surface area contributed by atoms with Gasteiger partial charge in [-0.3, -0.25) is 0 Å². The van der Waals surface area contributed by atoms with E-state index in [4.69, 9.17) is 16.3 Å². The first-order chi connectivity index (χ1) is 9.78. The Morgan fingerprint density at radius 1 is 1.25 bits per heavy atom. The molecule has 0 radical (unpaired) electrons. The van der Waals surface area contributed by atoms with Crippen LogP contribution in [0.2, 0.25) is 4.34 Å². The van der Waals surface area contributed by atoms with Gasteiger partial charge in [-0.25, -0.2) is 0 Å². The first-order valence-electron chi connectivity index (χ1n) is 6.96. The number of benzene rings is 1. The molecule has 2 nitrogen and oxygen atoms in total. The fourth-order valence-electron chi connectivity index (χ4n) is 2.53. The summed E-state index contributed by atoms with van der Waals surface area (Å²) in [4.78, 5) is 1.27. The Morgan fingerprint density at radius 3 is 2.85 bits per heavy atom. The Morgan fingerprint density at radius 2 is 2.10 bits per heavy atom. The van der Waals surface area contributed by atoms with Crippen LogP contribution in [0.3, 0.4) is 0 Å². The molecule has 0 fully saturated rings. The highest BCUT2D eigenvalue weighted by Crippen LogP contribution is 2.33. The van der Waals surface area contributed by atoms with Crippen LogP contribution in [0.4, 0.5) is 0 Å². The van der Waals surface area contributed by atoms with Crippen molar-refractivity contribution in [3.8, 4) is 0 Å². The van der Waals surface area contributed by atoms with Gasteiger partial charge in [-0.05, 0) is 41.8 Å².